The van der Waals surface area contributed by atoms with Crippen LogP contribution < -0.4 is 5.73 Å². The standard InChI is InChI=1S/C11H14N2O5/c1-2-17-5-6-18-11(14)8-3-4-9(12)10(7-8)13(15)16/h3-4,7H,2,5-6,12H2,1H3. The molecule has 0 unspecified atom stereocenters. The van der Waals surface area contributed by atoms with Crippen molar-refractivity contribution in [3.63, 3.8) is 0 Å². The molecule has 0 fully saturated rings. The smallest absolute Gasteiger partial charge is 0.338 e. The van der Waals surface area contributed by atoms with Gasteiger partial charge in [-0.1, -0.05) is 0 Å². The number of ether oxygens (including phenoxy) is 2. The van der Waals surface area contributed by atoms with Crippen LogP contribution in [-0.4, -0.2) is 30.7 Å². The van der Waals surface area contributed by atoms with E-state index in [1.54, 1.807) is 0 Å². The monoisotopic (exact) mass is 254 g/mol. The van der Waals surface area contributed by atoms with Crippen LogP contribution in [0.5, 0.6) is 0 Å². The summed E-state index contributed by atoms with van der Waals surface area (Å²) < 4.78 is 9.87. The number of rotatable bonds is 6. The van der Waals surface area contributed by atoms with Crippen molar-refractivity contribution >= 4 is 17.3 Å². The summed E-state index contributed by atoms with van der Waals surface area (Å²) in [5.41, 5.74) is 5.20. The SMILES string of the molecule is CCOCCOC(=O)c1ccc(N)c([N+](=O)[O-])c1. The zero-order chi connectivity index (χ0) is 13.5. The number of nitrogens with two attached hydrogens (primary N) is 1. The number of carbonyl (C=O) groups excluding carboxylic acids is 1. The number of nitro groups is 1. The highest BCUT2D eigenvalue weighted by Gasteiger charge is 2.16. The van der Waals surface area contributed by atoms with E-state index >= 15 is 0 Å². The van der Waals surface area contributed by atoms with E-state index in [1.165, 1.54) is 12.1 Å². The maximum absolute atomic E-state index is 11.6. The van der Waals surface area contributed by atoms with E-state index in [9.17, 15) is 14.9 Å². The minimum Gasteiger partial charge on any atom is -0.460 e. The fourth-order valence-corrected chi connectivity index (χ4v) is 1.25. The van der Waals surface area contributed by atoms with Crippen molar-refractivity contribution in [1.29, 1.82) is 0 Å². The number of hydrogen-bond donors (Lipinski definition) is 1. The molecule has 0 heterocycles. The molecule has 0 saturated carbocycles. The Kier molecular flexibility index (Phi) is 5.06. The van der Waals surface area contributed by atoms with Crippen LogP contribution in [0.1, 0.15) is 17.3 Å². The van der Waals surface area contributed by atoms with E-state index in [4.69, 9.17) is 15.2 Å². The van der Waals surface area contributed by atoms with Crippen LogP contribution in [0.25, 0.3) is 0 Å². The highest BCUT2D eigenvalue weighted by atomic mass is 16.6. The maximum atomic E-state index is 11.6. The Hall–Kier alpha value is -2.15. The highest BCUT2D eigenvalue weighted by molar-refractivity contribution is 5.91. The van der Waals surface area contributed by atoms with Gasteiger partial charge in [0.15, 0.2) is 0 Å². The van der Waals surface area contributed by atoms with Crippen LogP contribution in [0.4, 0.5) is 11.4 Å². The maximum Gasteiger partial charge on any atom is 0.338 e. The Morgan fingerprint density at radius 3 is 2.78 bits per heavy atom. The summed E-state index contributed by atoms with van der Waals surface area (Å²) >= 11 is 0. The normalized spacial score (nSPS) is 10.1. The number of nitrogens with zero attached hydrogens (tertiary/aromatic N) is 1. The van der Waals surface area contributed by atoms with Gasteiger partial charge in [-0.2, -0.15) is 0 Å². The van der Waals surface area contributed by atoms with Gasteiger partial charge in [0, 0.05) is 12.7 Å². The van der Waals surface area contributed by atoms with Gasteiger partial charge in [-0.3, -0.25) is 10.1 Å². The Morgan fingerprint density at radius 1 is 1.44 bits per heavy atom. The quantitative estimate of drug-likeness (QED) is 0.270. The van der Waals surface area contributed by atoms with Gasteiger partial charge in [-0.15, -0.1) is 0 Å². The average molecular weight is 254 g/mol. The van der Waals surface area contributed by atoms with Crippen molar-refractivity contribution in [3.8, 4) is 0 Å². The summed E-state index contributed by atoms with van der Waals surface area (Å²) in [7, 11) is 0. The first-order chi connectivity index (χ1) is 8.56. The number of anilines is 1. The second-order valence-electron chi connectivity index (χ2n) is 3.36. The Morgan fingerprint density at radius 2 is 2.17 bits per heavy atom. The molecule has 0 atom stereocenters. The minimum absolute atomic E-state index is 0.00543. The van der Waals surface area contributed by atoms with Gasteiger partial charge in [0.2, 0.25) is 0 Å². The lowest BCUT2D eigenvalue weighted by molar-refractivity contribution is -0.383. The second kappa shape index (κ2) is 6.55. The van der Waals surface area contributed by atoms with Crippen molar-refractivity contribution < 1.29 is 19.2 Å². The first-order valence-corrected chi connectivity index (χ1v) is 5.35. The van der Waals surface area contributed by atoms with Gasteiger partial charge in [0.1, 0.15) is 12.3 Å². The Bertz CT molecular complexity index is 447. The van der Waals surface area contributed by atoms with Gasteiger partial charge in [-0.05, 0) is 19.1 Å². The fraction of sp³-hybridized carbons (Fsp3) is 0.364. The van der Waals surface area contributed by atoms with Crippen LogP contribution in [0, 0.1) is 10.1 Å². The number of hydrogen-bond acceptors (Lipinski definition) is 6. The molecular formula is C11H14N2O5. The van der Waals surface area contributed by atoms with Crippen LogP contribution >= 0.6 is 0 Å². The van der Waals surface area contributed by atoms with Crippen molar-refractivity contribution in [2.45, 2.75) is 6.92 Å². The minimum atomic E-state index is -0.647. The molecule has 0 saturated heterocycles. The molecule has 7 heteroatoms. The molecule has 18 heavy (non-hydrogen) atoms. The molecule has 7 nitrogen and oxygen atoms in total. The third-order valence-electron chi connectivity index (χ3n) is 2.13. The lowest BCUT2D eigenvalue weighted by atomic mass is 10.2. The predicted octanol–water partition coefficient (Wildman–Crippen LogP) is 1.37. The number of benzene rings is 1. The summed E-state index contributed by atoms with van der Waals surface area (Å²) in [6.07, 6.45) is 0. The van der Waals surface area contributed by atoms with E-state index in [2.05, 4.69) is 0 Å². The van der Waals surface area contributed by atoms with Gasteiger partial charge in [0.25, 0.3) is 5.69 Å². The molecule has 1 aromatic rings. The van der Waals surface area contributed by atoms with E-state index in [-0.39, 0.29) is 23.5 Å². The molecule has 0 aromatic heterocycles. The fourth-order valence-electron chi connectivity index (χ4n) is 1.25. The van der Waals surface area contributed by atoms with Crippen LogP contribution in [0.15, 0.2) is 18.2 Å². The summed E-state index contributed by atoms with van der Waals surface area (Å²) in [5, 5.41) is 10.6. The lowest BCUT2D eigenvalue weighted by Gasteiger charge is -2.05. The van der Waals surface area contributed by atoms with Gasteiger partial charge >= 0.3 is 5.97 Å². The van der Waals surface area contributed by atoms with Crippen molar-refractivity contribution in [2.24, 2.45) is 0 Å². The molecule has 0 aliphatic carbocycles. The predicted molar refractivity (Wildman–Crippen MR) is 64.3 cm³/mol. The summed E-state index contributed by atoms with van der Waals surface area (Å²) in [6, 6.07) is 3.78. The van der Waals surface area contributed by atoms with E-state index in [0.29, 0.717) is 13.2 Å². The molecule has 1 aromatic carbocycles. The molecule has 1 rings (SSSR count). The molecule has 0 bridgehead atoms. The Balaban J connectivity index is 2.68. The first-order valence-electron chi connectivity index (χ1n) is 5.35. The molecule has 2 N–H and O–H groups in total. The third kappa shape index (κ3) is 3.70. The van der Waals surface area contributed by atoms with E-state index < -0.39 is 10.9 Å². The van der Waals surface area contributed by atoms with Crippen molar-refractivity contribution in [3.05, 3.63) is 33.9 Å². The lowest BCUT2D eigenvalue weighted by Crippen LogP contribution is -2.11. The molecule has 98 valence electrons. The summed E-state index contributed by atoms with van der Waals surface area (Å²) in [5.74, 6) is -0.641. The van der Waals surface area contributed by atoms with Crippen molar-refractivity contribution in [1.82, 2.24) is 0 Å². The first kappa shape index (κ1) is 13.9. The van der Waals surface area contributed by atoms with E-state index in [1.807, 2.05) is 6.92 Å². The molecular weight excluding hydrogens is 240 g/mol. The average Bonchev–Trinajstić information content (AvgIpc) is 2.34. The largest absolute Gasteiger partial charge is 0.460 e. The van der Waals surface area contributed by atoms with Crippen molar-refractivity contribution in [2.75, 3.05) is 25.6 Å². The zero-order valence-corrected chi connectivity index (χ0v) is 9.92. The number of nitrogen functional groups attached to an aromatic ring is 1. The summed E-state index contributed by atoms with van der Waals surface area (Å²) in [6.45, 7) is 2.75. The number of nitro benzene ring substituents is 1. The Labute approximate surface area is 104 Å². The molecule has 0 aliphatic heterocycles. The van der Waals surface area contributed by atoms with Crippen LogP contribution in [0.3, 0.4) is 0 Å². The second-order valence-corrected chi connectivity index (χ2v) is 3.36. The summed E-state index contributed by atoms with van der Waals surface area (Å²) in [4.78, 5) is 21.6. The zero-order valence-electron chi connectivity index (χ0n) is 9.92. The van der Waals surface area contributed by atoms with Gasteiger partial charge in [-0.25, -0.2) is 4.79 Å². The molecule has 0 aliphatic rings. The third-order valence-corrected chi connectivity index (χ3v) is 2.13. The van der Waals surface area contributed by atoms with E-state index in [0.717, 1.165) is 6.07 Å². The van der Waals surface area contributed by atoms with Crippen LogP contribution in [0.2, 0.25) is 0 Å². The molecule has 0 radical (unpaired) electrons. The highest BCUT2D eigenvalue weighted by Crippen LogP contribution is 2.22. The number of carbonyl (C=O) groups is 1. The molecule has 0 amide bonds. The van der Waals surface area contributed by atoms with Crippen LogP contribution in [-0.2, 0) is 9.47 Å². The van der Waals surface area contributed by atoms with Gasteiger partial charge < -0.3 is 15.2 Å². The van der Waals surface area contributed by atoms with Gasteiger partial charge in [0.05, 0.1) is 17.1 Å². The topological polar surface area (TPSA) is 105 Å². The number of esters is 1. The molecule has 0 spiro atoms.